The Morgan fingerprint density at radius 2 is 1.57 bits per heavy atom. The van der Waals surface area contributed by atoms with E-state index in [4.69, 9.17) is 16.3 Å². The summed E-state index contributed by atoms with van der Waals surface area (Å²) in [5, 5.41) is 6.88. The topological polar surface area (TPSA) is 50.4 Å². The van der Waals surface area contributed by atoms with E-state index in [1.54, 1.807) is 0 Å². The van der Waals surface area contributed by atoms with Crippen LogP contribution in [0.1, 0.15) is 17.5 Å². The minimum absolute atomic E-state index is 0.0182. The molecule has 0 aliphatic heterocycles. The summed E-state index contributed by atoms with van der Waals surface area (Å²) in [6, 6.07) is 25.0. The highest BCUT2D eigenvalue weighted by atomic mass is 35.5. The Bertz CT molecular complexity index is 865. The molecule has 0 spiro atoms. The predicted octanol–water partition coefficient (Wildman–Crippen LogP) is 5.04. The molecule has 3 rings (SSSR count). The summed E-state index contributed by atoms with van der Waals surface area (Å²) in [6.07, 6.45) is 0.418. The Kier molecular flexibility index (Phi) is 7.47. The van der Waals surface area contributed by atoms with Gasteiger partial charge in [0.2, 0.25) is 5.91 Å². The van der Waals surface area contributed by atoms with Crippen LogP contribution in [-0.4, -0.2) is 12.5 Å². The highest BCUT2D eigenvalue weighted by Crippen LogP contribution is 2.18. The number of hydrogen-bond acceptors (Lipinski definition) is 3. The van der Waals surface area contributed by atoms with Crippen LogP contribution in [0.15, 0.2) is 78.9 Å². The molecule has 0 unspecified atom stereocenters. The molecule has 5 heteroatoms. The van der Waals surface area contributed by atoms with E-state index in [9.17, 15) is 4.79 Å². The fraction of sp³-hybridized carbons (Fsp3) is 0.174. The second-order valence-corrected chi connectivity index (χ2v) is 6.84. The van der Waals surface area contributed by atoms with Crippen LogP contribution in [-0.2, 0) is 17.9 Å². The first kappa shape index (κ1) is 19.9. The van der Waals surface area contributed by atoms with Gasteiger partial charge in [-0.1, -0.05) is 54.1 Å². The van der Waals surface area contributed by atoms with Gasteiger partial charge in [-0.05, 0) is 47.5 Å². The quantitative estimate of drug-likeness (QED) is 0.500. The Morgan fingerprint density at radius 3 is 2.29 bits per heavy atom. The zero-order valence-electron chi connectivity index (χ0n) is 15.5. The summed E-state index contributed by atoms with van der Waals surface area (Å²) in [4.78, 5) is 12.1. The molecule has 0 saturated heterocycles. The second-order valence-electron chi connectivity index (χ2n) is 6.40. The first-order valence-electron chi connectivity index (χ1n) is 9.21. The summed E-state index contributed by atoms with van der Waals surface area (Å²) in [6.45, 7) is 1.85. The van der Waals surface area contributed by atoms with Crippen molar-refractivity contribution >= 4 is 23.2 Å². The van der Waals surface area contributed by atoms with Crippen LogP contribution in [0.2, 0.25) is 5.02 Å². The standard InChI is InChI=1S/C23H23ClN2O2/c24-20-8-6-19(7-9-20)17-28-22-12-10-21(11-13-22)26-23(27)14-15-25-16-18-4-2-1-3-5-18/h1-13,25H,14-17H2,(H,26,27). The van der Waals surface area contributed by atoms with Gasteiger partial charge < -0.3 is 15.4 Å². The molecule has 144 valence electrons. The van der Waals surface area contributed by atoms with Crippen LogP contribution in [0, 0.1) is 0 Å². The number of carbonyl (C=O) groups excluding carboxylic acids is 1. The Morgan fingerprint density at radius 1 is 0.857 bits per heavy atom. The fourth-order valence-electron chi connectivity index (χ4n) is 2.64. The van der Waals surface area contributed by atoms with Gasteiger partial charge in [-0.2, -0.15) is 0 Å². The van der Waals surface area contributed by atoms with Crippen molar-refractivity contribution in [3.8, 4) is 5.75 Å². The monoisotopic (exact) mass is 394 g/mol. The van der Waals surface area contributed by atoms with Crippen molar-refractivity contribution in [3.63, 3.8) is 0 Å². The number of benzene rings is 3. The largest absolute Gasteiger partial charge is 0.489 e. The molecule has 3 aromatic rings. The Balaban J connectivity index is 1.37. The Hall–Kier alpha value is -2.82. The number of ether oxygens (including phenoxy) is 1. The van der Waals surface area contributed by atoms with Crippen LogP contribution in [0.3, 0.4) is 0 Å². The summed E-state index contributed by atoms with van der Waals surface area (Å²) in [7, 11) is 0. The van der Waals surface area contributed by atoms with Crippen LogP contribution in [0.5, 0.6) is 5.75 Å². The third-order valence-electron chi connectivity index (χ3n) is 4.16. The molecular formula is C23H23ClN2O2. The molecule has 0 heterocycles. The van der Waals surface area contributed by atoms with Gasteiger partial charge in [0.25, 0.3) is 0 Å². The van der Waals surface area contributed by atoms with Crippen molar-refractivity contribution in [2.75, 3.05) is 11.9 Å². The van der Waals surface area contributed by atoms with E-state index in [2.05, 4.69) is 22.8 Å². The first-order chi connectivity index (χ1) is 13.7. The minimum atomic E-state index is -0.0182. The van der Waals surface area contributed by atoms with Gasteiger partial charge in [-0.25, -0.2) is 0 Å². The van der Waals surface area contributed by atoms with Crippen molar-refractivity contribution in [1.29, 1.82) is 0 Å². The van der Waals surface area contributed by atoms with Crippen molar-refractivity contribution in [1.82, 2.24) is 5.32 Å². The van der Waals surface area contributed by atoms with Crippen LogP contribution >= 0.6 is 11.6 Å². The van der Waals surface area contributed by atoms with Gasteiger partial charge in [0.05, 0.1) is 0 Å². The number of rotatable bonds is 9. The van der Waals surface area contributed by atoms with Gasteiger partial charge in [0.1, 0.15) is 12.4 Å². The summed E-state index contributed by atoms with van der Waals surface area (Å²) >= 11 is 5.88. The molecule has 4 nitrogen and oxygen atoms in total. The van der Waals surface area contributed by atoms with E-state index in [1.807, 2.05) is 66.7 Å². The maximum atomic E-state index is 12.1. The van der Waals surface area contributed by atoms with Crippen molar-refractivity contribution < 1.29 is 9.53 Å². The number of carbonyl (C=O) groups is 1. The maximum absolute atomic E-state index is 12.1. The lowest BCUT2D eigenvalue weighted by molar-refractivity contribution is -0.116. The molecule has 0 bridgehead atoms. The molecule has 3 aromatic carbocycles. The second kappa shape index (κ2) is 10.5. The lowest BCUT2D eigenvalue weighted by Crippen LogP contribution is -2.21. The molecule has 0 saturated carbocycles. The number of amides is 1. The molecule has 0 fully saturated rings. The SMILES string of the molecule is O=C(CCNCc1ccccc1)Nc1ccc(OCc2ccc(Cl)cc2)cc1. The molecular weight excluding hydrogens is 372 g/mol. The van der Waals surface area contributed by atoms with Crippen LogP contribution in [0.4, 0.5) is 5.69 Å². The number of nitrogens with one attached hydrogen (secondary N) is 2. The van der Waals surface area contributed by atoms with Gasteiger partial charge in [0.15, 0.2) is 0 Å². The third kappa shape index (κ3) is 6.72. The average molecular weight is 395 g/mol. The van der Waals surface area contributed by atoms with E-state index in [0.717, 1.165) is 23.5 Å². The lowest BCUT2D eigenvalue weighted by Gasteiger charge is -2.09. The third-order valence-corrected chi connectivity index (χ3v) is 4.41. The molecule has 2 N–H and O–H groups in total. The molecule has 0 aliphatic rings. The average Bonchev–Trinajstić information content (AvgIpc) is 2.73. The normalized spacial score (nSPS) is 10.5. The fourth-order valence-corrected chi connectivity index (χ4v) is 2.76. The van der Waals surface area contributed by atoms with Crippen LogP contribution in [0.25, 0.3) is 0 Å². The van der Waals surface area contributed by atoms with E-state index >= 15 is 0 Å². The van der Waals surface area contributed by atoms with Gasteiger partial charge in [0, 0.05) is 30.2 Å². The molecule has 1 amide bonds. The van der Waals surface area contributed by atoms with E-state index in [0.29, 0.717) is 24.6 Å². The maximum Gasteiger partial charge on any atom is 0.225 e. The summed E-state index contributed by atoms with van der Waals surface area (Å²) < 4.78 is 5.75. The number of halogens is 1. The van der Waals surface area contributed by atoms with Crippen molar-refractivity contribution in [2.45, 2.75) is 19.6 Å². The van der Waals surface area contributed by atoms with Crippen molar-refractivity contribution in [3.05, 3.63) is 95.0 Å². The zero-order chi connectivity index (χ0) is 19.6. The highest BCUT2D eigenvalue weighted by molar-refractivity contribution is 6.30. The summed E-state index contributed by atoms with van der Waals surface area (Å²) in [5.74, 6) is 0.730. The molecule has 28 heavy (non-hydrogen) atoms. The lowest BCUT2D eigenvalue weighted by atomic mass is 10.2. The zero-order valence-corrected chi connectivity index (χ0v) is 16.3. The molecule has 0 aliphatic carbocycles. The van der Waals surface area contributed by atoms with E-state index in [-0.39, 0.29) is 5.91 Å². The van der Waals surface area contributed by atoms with Crippen molar-refractivity contribution in [2.24, 2.45) is 0 Å². The smallest absolute Gasteiger partial charge is 0.225 e. The van der Waals surface area contributed by atoms with Gasteiger partial charge >= 0.3 is 0 Å². The first-order valence-corrected chi connectivity index (χ1v) is 9.59. The summed E-state index contributed by atoms with van der Waals surface area (Å²) in [5.41, 5.74) is 3.01. The van der Waals surface area contributed by atoms with Gasteiger partial charge in [-0.15, -0.1) is 0 Å². The van der Waals surface area contributed by atoms with Crippen LogP contribution < -0.4 is 15.4 Å². The number of hydrogen-bond donors (Lipinski definition) is 2. The van der Waals surface area contributed by atoms with E-state index in [1.165, 1.54) is 5.56 Å². The Labute approximate surface area is 170 Å². The molecule has 0 aromatic heterocycles. The molecule has 0 radical (unpaired) electrons. The van der Waals surface area contributed by atoms with E-state index < -0.39 is 0 Å². The molecule has 0 atom stereocenters. The highest BCUT2D eigenvalue weighted by Gasteiger charge is 2.03. The number of anilines is 1. The minimum Gasteiger partial charge on any atom is -0.489 e. The van der Waals surface area contributed by atoms with Gasteiger partial charge in [-0.3, -0.25) is 4.79 Å². The predicted molar refractivity (Wildman–Crippen MR) is 114 cm³/mol.